The minimum Gasteiger partial charge on any atom is -0.444 e. The number of nitrogens with one attached hydrogen (secondary N) is 1. The van der Waals surface area contributed by atoms with Crippen molar-refractivity contribution in [1.82, 2.24) is 9.88 Å². The van der Waals surface area contributed by atoms with E-state index in [1.54, 1.807) is 50.4 Å². The van der Waals surface area contributed by atoms with Gasteiger partial charge in [0.2, 0.25) is 5.76 Å². The molecule has 0 aliphatic rings. The van der Waals surface area contributed by atoms with Gasteiger partial charge in [-0.25, -0.2) is 9.78 Å². The summed E-state index contributed by atoms with van der Waals surface area (Å²) in [5, 5.41) is 3.29. The number of carbonyl (C=O) groups is 2. The molecule has 29 heavy (non-hydrogen) atoms. The fourth-order valence-corrected chi connectivity index (χ4v) is 2.70. The van der Waals surface area contributed by atoms with Crippen LogP contribution in [0.3, 0.4) is 0 Å². The number of rotatable bonds is 6. The number of carbonyl (C=O) groups excluding carboxylic acids is 2. The topological polar surface area (TPSA) is 84.7 Å². The van der Waals surface area contributed by atoms with Crippen LogP contribution in [0, 0.1) is 6.92 Å². The van der Waals surface area contributed by atoms with Crippen molar-refractivity contribution in [2.45, 2.75) is 20.1 Å². The van der Waals surface area contributed by atoms with Crippen LogP contribution in [0.15, 0.2) is 59.1 Å². The van der Waals surface area contributed by atoms with Crippen molar-refractivity contribution in [1.29, 1.82) is 0 Å². The lowest BCUT2D eigenvalue weighted by molar-refractivity contribution is 0.0752. The zero-order valence-corrected chi connectivity index (χ0v) is 16.8. The summed E-state index contributed by atoms with van der Waals surface area (Å²) >= 11 is 5.83. The normalized spacial score (nSPS) is 10.4. The molecule has 0 aliphatic carbocycles. The molecule has 1 heterocycles. The first-order valence-corrected chi connectivity index (χ1v) is 9.23. The Kier molecular flexibility index (Phi) is 6.51. The van der Waals surface area contributed by atoms with Crippen molar-refractivity contribution >= 4 is 29.3 Å². The van der Waals surface area contributed by atoms with Crippen LogP contribution in [0.25, 0.3) is 0 Å². The van der Waals surface area contributed by atoms with Gasteiger partial charge in [0.05, 0.1) is 6.20 Å². The van der Waals surface area contributed by atoms with Crippen LogP contribution < -0.4 is 5.32 Å². The maximum Gasteiger partial charge on any atom is 0.411 e. The van der Waals surface area contributed by atoms with Crippen molar-refractivity contribution in [2.24, 2.45) is 0 Å². The van der Waals surface area contributed by atoms with Gasteiger partial charge in [-0.15, -0.1) is 0 Å². The number of hydrogen-bond acceptors (Lipinski definition) is 5. The highest BCUT2D eigenvalue weighted by Gasteiger charge is 2.16. The molecule has 0 bridgehead atoms. The molecule has 0 saturated heterocycles. The molecule has 1 N–H and O–H groups in total. The molecular weight excluding hydrogens is 394 g/mol. The summed E-state index contributed by atoms with van der Waals surface area (Å²) in [6.07, 6.45) is 0.859. The monoisotopic (exact) mass is 413 g/mol. The van der Waals surface area contributed by atoms with Gasteiger partial charge in [-0.3, -0.25) is 10.1 Å². The van der Waals surface area contributed by atoms with Crippen molar-refractivity contribution in [3.8, 4) is 0 Å². The van der Waals surface area contributed by atoms with Crippen molar-refractivity contribution in [3.05, 3.63) is 82.5 Å². The van der Waals surface area contributed by atoms with Gasteiger partial charge in [0.1, 0.15) is 6.61 Å². The maximum atomic E-state index is 12.3. The molecule has 0 radical (unpaired) electrons. The SMILES string of the molecule is Cc1ncc(C(=O)N(C)Cc2ccc(NC(=O)OCc3ccc(Cl)cc3)cc2)o1. The van der Waals surface area contributed by atoms with Crippen molar-refractivity contribution < 1.29 is 18.7 Å². The summed E-state index contributed by atoms with van der Waals surface area (Å²) in [5.74, 6) is 0.394. The summed E-state index contributed by atoms with van der Waals surface area (Å²) in [7, 11) is 1.68. The Morgan fingerprint density at radius 1 is 1.10 bits per heavy atom. The molecule has 0 aliphatic heterocycles. The third kappa shape index (κ3) is 5.83. The maximum absolute atomic E-state index is 12.3. The van der Waals surface area contributed by atoms with E-state index in [1.165, 1.54) is 11.1 Å². The number of amides is 2. The Morgan fingerprint density at radius 2 is 1.76 bits per heavy atom. The van der Waals surface area contributed by atoms with Crippen LogP contribution in [0.1, 0.15) is 27.6 Å². The quantitative estimate of drug-likeness (QED) is 0.635. The summed E-state index contributed by atoms with van der Waals surface area (Å²) in [6.45, 7) is 2.22. The number of ether oxygens (including phenoxy) is 1. The second-order valence-electron chi connectivity index (χ2n) is 6.43. The lowest BCUT2D eigenvalue weighted by atomic mass is 10.2. The number of nitrogens with zero attached hydrogens (tertiary/aromatic N) is 2. The predicted octanol–water partition coefficient (Wildman–Crippen LogP) is 4.66. The van der Waals surface area contributed by atoms with E-state index in [0.717, 1.165) is 11.1 Å². The Balaban J connectivity index is 1.49. The summed E-state index contributed by atoms with van der Waals surface area (Å²) in [6, 6.07) is 14.2. The number of hydrogen-bond donors (Lipinski definition) is 1. The van der Waals surface area contributed by atoms with E-state index in [-0.39, 0.29) is 18.3 Å². The summed E-state index contributed by atoms with van der Waals surface area (Å²) in [5.41, 5.74) is 2.33. The zero-order chi connectivity index (χ0) is 20.8. The van der Waals surface area contributed by atoms with Crippen LogP contribution in [-0.2, 0) is 17.9 Å². The molecule has 1 aromatic heterocycles. The number of halogens is 1. The minimum atomic E-state index is -0.555. The number of oxazole rings is 1. The Hall–Kier alpha value is -3.32. The average molecular weight is 414 g/mol. The molecule has 0 fully saturated rings. The van der Waals surface area contributed by atoms with E-state index >= 15 is 0 Å². The van der Waals surface area contributed by atoms with E-state index < -0.39 is 6.09 Å². The highest BCUT2D eigenvalue weighted by atomic mass is 35.5. The van der Waals surface area contributed by atoms with Gasteiger partial charge in [0.25, 0.3) is 5.91 Å². The third-order valence-electron chi connectivity index (χ3n) is 4.08. The second kappa shape index (κ2) is 9.25. The van der Waals surface area contributed by atoms with Crippen LogP contribution in [-0.4, -0.2) is 28.9 Å². The van der Waals surface area contributed by atoms with Gasteiger partial charge in [0, 0.05) is 31.2 Å². The smallest absolute Gasteiger partial charge is 0.411 e. The van der Waals surface area contributed by atoms with Gasteiger partial charge in [-0.1, -0.05) is 35.9 Å². The van der Waals surface area contributed by atoms with Gasteiger partial charge in [0.15, 0.2) is 5.89 Å². The van der Waals surface area contributed by atoms with Gasteiger partial charge in [-0.05, 0) is 35.4 Å². The second-order valence-corrected chi connectivity index (χ2v) is 6.87. The highest BCUT2D eigenvalue weighted by Crippen LogP contribution is 2.14. The first-order valence-electron chi connectivity index (χ1n) is 8.86. The van der Waals surface area contributed by atoms with Crippen LogP contribution >= 0.6 is 11.6 Å². The third-order valence-corrected chi connectivity index (χ3v) is 4.33. The number of anilines is 1. The zero-order valence-electron chi connectivity index (χ0n) is 16.0. The molecule has 8 heteroatoms. The van der Waals surface area contributed by atoms with E-state index in [2.05, 4.69) is 10.3 Å². The standard InChI is InChI=1S/C21H20ClN3O4/c1-14-23-11-19(29-14)20(26)25(2)12-15-5-9-18(10-6-15)24-21(27)28-13-16-3-7-17(22)8-4-16/h3-11H,12-13H2,1-2H3,(H,24,27). The Bertz CT molecular complexity index is 984. The molecule has 3 aromatic rings. The van der Waals surface area contributed by atoms with Gasteiger partial charge < -0.3 is 14.1 Å². The lowest BCUT2D eigenvalue weighted by Crippen LogP contribution is -2.25. The molecular formula is C21H20ClN3O4. The first-order chi connectivity index (χ1) is 13.9. The largest absolute Gasteiger partial charge is 0.444 e. The van der Waals surface area contributed by atoms with Crippen LogP contribution in [0.5, 0.6) is 0 Å². The summed E-state index contributed by atoms with van der Waals surface area (Å²) in [4.78, 5) is 29.7. The molecule has 3 rings (SSSR count). The van der Waals surface area contributed by atoms with Gasteiger partial charge in [-0.2, -0.15) is 0 Å². The fourth-order valence-electron chi connectivity index (χ4n) is 2.57. The van der Waals surface area contributed by atoms with E-state index in [1.807, 2.05) is 12.1 Å². The fraction of sp³-hybridized carbons (Fsp3) is 0.190. The summed E-state index contributed by atoms with van der Waals surface area (Å²) < 4.78 is 10.4. The highest BCUT2D eigenvalue weighted by molar-refractivity contribution is 6.30. The minimum absolute atomic E-state index is 0.148. The molecule has 0 spiro atoms. The molecule has 0 saturated carbocycles. The predicted molar refractivity (Wildman–Crippen MR) is 109 cm³/mol. The molecule has 2 amide bonds. The van der Waals surface area contributed by atoms with Gasteiger partial charge >= 0.3 is 6.09 Å². The van der Waals surface area contributed by atoms with E-state index in [9.17, 15) is 9.59 Å². The number of aromatic nitrogens is 1. The lowest BCUT2D eigenvalue weighted by Gasteiger charge is -2.16. The molecule has 150 valence electrons. The van der Waals surface area contributed by atoms with Crippen LogP contribution in [0.2, 0.25) is 5.02 Å². The van der Waals surface area contributed by atoms with E-state index in [4.69, 9.17) is 20.8 Å². The van der Waals surface area contributed by atoms with Crippen molar-refractivity contribution in [2.75, 3.05) is 12.4 Å². The Labute approximate surface area is 173 Å². The molecule has 7 nitrogen and oxygen atoms in total. The van der Waals surface area contributed by atoms with Crippen molar-refractivity contribution in [3.63, 3.8) is 0 Å². The molecule has 2 aromatic carbocycles. The number of benzene rings is 2. The number of aryl methyl sites for hydroxylation is 1. The first kappa shape index (κ1) is 20.4. The van der Waals surface area contributed by atoms with E-state index in [0.29, 0.717) is 23.1 Å². The molecule has 0 unspecified atom stereocenters. The Morgan fingerprint density at radius 3 is 2.38 bits per heavy atom. The van der Waals surface area contributed by atoms with Crippen LogP contribution in [0.4, 0.5) is 10.5 Å². The molecule has 0 atom stereocenters. The average Bonchev–Trinajstić information content (AvgIpc) is 3.14.